The van der Waals surface area contributed by atoms with Gasteiger partial charge in [-0.15, -0.1) is 0 Å². The summed E-state index contributed by atoms with van der Waals surface area (Å²) >= 11 is 0. The van der Waals surface area contributed by atoms with Crippen LogP contribution in [0.5, 0.6) is 0 Å². The summed E-state index contributed by atoms with van der Waals surface area (Å²) < 4.78 is 3.00. The Bertz CT molecular complexity index is 1520. The van der Waals surface area contributed by atoms with Crippen LogP contribution < -0.4 is 10.5 Å². The Hall–Kier alpha value is -3.98. The van der Waals surface area contributed by atoms with E-state index in [1.165, 1.54) is 28.3 Å². The highest BCUT2D eigenvalue weighted by atomic mass is 16.3. The molecule has 1 N–H and O–H groups in total. The Balaban J connectivity index is 1.12. The second-order valence-corrected chi connectivity index (χ2v) is 10.1. The summed E-state index contributed by atoms with van der Waals surface area (Å²) in [5.74, 6) is -0.0387. The molecule has 0 bridgehead atoms. The van der Waals surface area contributed by atoms with Crippen LogP contribution in [0.2, 0.25) is 0 Å². The molecule has 190 valence electrons. The van der Waals surface area contributed by atoms with Gasteiger partial charge in [-0.3, -0.25) is 18.8 Å². The number of carbonyl (C=O) groups excluding carboxylic acids is 1. The van der Waals surface area contributed by atoms with Gasteiger partial charge in [0.05, 0.1) is 18.3 Å². The number of fused-ring (bicyclic) bond motifs is 2. The van der Waals surface area contributed by atoms with Gasteiger partial charge in [-0.2, -0.15) is 5.10 Å². The van der Waals surface area contributed by atoms with Crippen LogP contribution in [0.15, 0.2) is 65.8 Å². The predicted molar refractivity (Wildman–Crippen MR) is 141 cm³/mol. The molecule has 2 aromatic carbocycles. The third-order valence-corrected chi connectivity index (χ3v) is 7.70. The van der Waals surface area contributed by atoms with E-state index in [1.807, 2.05) is 24.3 Å². The van der Waals surface area contributed by atoms with Crippen molar-refractivity contribution in [1.29, 1.82) is 0 Å². The lowest BCUT2D eigenvalue weighted by molar-refractivity contribution is -0.0299. The van der Waals surface area contributed by atoms with Crippen LogP contribution in [-0.2, 0) is 20.0 Å². The van der Waals surface area contributed by atoms with E-state index in [0.29, 0.717) is 42.5 Å². The zero-order chi connectivity index (χ0) is 25.6. The fourth-order valence-electron chi connectivity index (χ4n) is 5.55. The largest absolute Gasteiger partial charge is 0.388 e. The third kappa shape index (κ3) is 4.29. The molecule has 4 aromatic rings. The van der Waals surface area contributed by atoms with E-state index in [0.717, 1.165) is 25.1 Å². The number of aliphatic hydroxyl groups is 1. The minimum Gasteiger partial charge on any atom is -0.388 e. The van der Waals surface area contributed by atoms with E-state index in [-0.39, 0.29) is 18.0 Å². The number of piperidine rings is 1. The number of amides is 1. The van der Waals surface area contributed by atoms with Gasteiger partial charge in [-0.1, -0.05) is 18.2 Å². The van der Waals surface area contributed by atoms with Crippen molar-refractivity contribution in [3.05, 3.63) is 82.5 Å². The van der Waals surface area contributed by atoms with Crippen LogP contribution in [0.3, 0.4) is 0 Å². The predicted octanol–water partition coefficient (Wildman–Crippen LogP) is 2.88. The van der Waals surface area contributed by atoms with Gasteiger partial charge in [-0.05, 0) is 61.6 Å². The van der Waals surface area contributed by atoms with Gasteiger partial charge in [0.2, 0.25) is 0 Å². The van der Waals surface area contributed by atoms with Crippen molar-refractivity contribution >= 4 is 28.3 Å². The highest BCUT2D eigenvalue weighted by Gasteiger charge is 2.35. The molecule has 9 heteroatoms. The van der Waals surface area contributed by atoms with Crippen molar-refractivity contribution in [1.82, 2.24) is 24.2 Å². The molecule has 0 radical (unpaired) electrons. The van der Waals surface area contributed by atoms with Crippen LogP contribution in [0, 0.1) is 0 Å². The van der Waals surface area contributed by atoms with Crippen molar-refractivity contribution in [2.24, 2.45) is 7.05 Å². The molecule has 4 heterocycles. The number of likely N-dealkylation sites (tertiary alicyclic amines) is 1. The maximum Gasteiger partial charge on any atom is 0.264 e. The Kier molecular flexibility index (Phi) is 5.79. The van der Waals surface area contributed by atoms with E-state index in [4.69, 9.17) is 0 Å². The van der Waals surface area contributed by atoms with Gasteiger partial charge in [0, 0.05) is 43.6 Å². The van der Waals surface area contributed by atoms with Crippen LogP contribution in [0.4, 0.5) is 11.4 Å². The van der Waals surface area contributed by atoms with E-state index >= 15 is 0 Å². The molecule has 2 aliphatic rings. The average molecular weight is 499 g/mol. The molecule has 1 fully saturated rings. The molecule has 6 rings (SSSR count). The fourth-order valence-corrected chi connectivity index (χ4v) is 5.55. The third-order valence-electron chi connectivity index (χ3n) is 7.70. The molecule has 2 aromatic heterocycles. The van der Waals surface area contributed by atoms with E-state index in [2.05, 4.69) is 39.2 Å². The fraction of sp³-hybridized carbons (Fsp3) is 0.357. The maximum atomic E-state index is 13.2. The number of para-hydroxylation sites is 1. The summed E-state index contributed by atoms with van der Waals surface area (Å²) in [4.78, 5) is 34.4. The summed E-state index contributed by atoms with van der Waals surface area (Å²) in [6.45, 7) is 1.95. The molecule has 0 unspecified atom stereocenters. The minimum atomic E-state index is -1.08. The maximum absolute atomic E-state index is 13.2. The molecular weight excluding hydrogens is 468 g/mol. The Labute approximate surface area is 214 Å². The Morgan fingerprint density at radius 2 is 1.81 bits per heavy atom. The number of benzene rings is 2. The average Bonchev–Trinajstić information content (AvgIpc) is 3.31. The van der Waals surface area contributed by atoms with Gasteiger partial charge in [-0.25, -0.2) is 4.98 Å². The van der Waals surface area contributed by atoms with E-state index in [1.54, 1.807) is 16.6 Å². The zero-order valence-electron chi connectivity index (χ0n) is 20.9. The molecule has 1 amide bonds. The van der Waals surface area contributed by atoms with E-state index < -0.39 is 5.60 Å². The van der Waals surface area contributed by atoms with Crippen LogP contribution in [-0.4, -0.2) is 60.5 Å². The van der Waals surface area contributed by atoms with E-state index in [9.17, 15) is 14.7 Å². The lowest BCUT2D eigenvalue weighted by atomic mass is 9.91. The second-order valence-electron chi connectivity index (χ2n) is 10.1. The summed E-state index contributed by atoms with van der Waals surface area (Å²) in [5, 5.41) is 15.7. The second kappa shape index (κ2) is 9.15. The molecule has 0 aliphatic carbocycles. The molecule has 2 aliphatic heterocycles. The summed E-state index contributed by atoms with van der Waals surface area (Å²) in [6, 6.07) is 16.3. The Morgan fingerprint density at radius 1 is 1.05 bits per heavy atom. The topological polar surface area (TPSA) is 96.5 Å². The first-order valence-electron chi connectivity index (χ1n) is 12.8. The van der Waals surface area contributed by atoms with Crippen molar-refractivity contribution in [2.75, 3.05) is 24.5 Å². The SMILES string of the molecule is Cn1ncc2c(=O)n(CC3(O)CCN(C(=O)c4ccc(N5CCCc6ccccc65)cc4)CC3)cnc21. The number of rotatable bonds is 4. The van der Waals surface area contributed by atoms with Gasteiger partial charge in [0.1, 0.15) is 11.7 Å². The number of carbonyl (C=O) groups is 1. The number of aryl methyl sites for hydroxylation is 2. The van der Waals surface area contributed by atoms with Crippen molar-refractivity contribution in [3.8, 4) is 0 Å². The van der Waals surface area contributed by atoms with Crippen molar-refractivity contribution < 1.29 is 9.90 Å². The van der Waals surface area contributed by atoms with Crippen LogP contribution in [0.1, 0.15) is 35.2 Å². The van der Waals surface area contributed by atoms with Gasteiger partial charge in [0.25, 0.3) is 11.5 Å². The zero-order valence-corrected chi connectivity index (χ0v) is 20.9. The summed E-state index contributed by atoms with van der Waals surface area (Å²) in [5.41, 5.74) is 3.53. The van der Waals surface area contributed by atoms with Gasteiger partial charge in [0.15, 0.2) is 5.65 Å². The first kappa shape index (κ1) is 23.4. The minimum absolute atomic E-state index is 0.0387. The quantitative estimate of drug-likeness (QED) is 0.465. The summed E-state index contributed by atoms with van der Waals surface area (Å²) in [7, 11) is 1.74. The van der Waals surface area contributed by atoms with Crippen molar-refractivity contribution in [3.63, 3.8) is 0 Å². The van der Waals surface area contributed by atoms with Gasteiger partial charge >= 0.3 is 0 Å². The monoisotopic (exact) mass is 498 g/mol. The van der Waals surface area contributed by atoms with Gasteiger partial charge < -0.3 is 14.9 Å². The molecule has 1 saturated heterocycles. The Morgan fingerprint density at radius 3 is 2.59 bits per heavy atom. The molecule has 0 saturated carbocycles. The molecular formula is C28H30N6O3. The summed E-state index contributed by atoms with van der Waals surface area (Å²) in [6.07, 6.45) is 5.93. The van der Waals surface area contributed by atoms with Crippen LogP contribution in [0.25, 0.3) is 11.0 Å². The molecule has 0 spiro atoms. The highest BCUT2D eigenvalue weighted by molar-refractivity contribution is 5.94. The molecule has 9 nitrogen and oxygen atoms in total. The number of hydrogen-bond acceptors (Lipinski definition) is 6. The lowest BCUT2D eigenvalue weighted by Gasteiger charge is -2.38. The smallest absolute Gasteiger partial charge is 0.264 e. The van der Waals surface area contributed by atoms with Crippen LogP contribution >= 0.6 is 0 Å². The highest BCUT2D eigenvalue weighted by Crippen LogP contribution is 2.33. The number of hydrogen-bond donors (Lipinski definition) is 1. The van der Waals surface area contributed by atoms with Crippen molar-refractivity contribution in [2.45, 2.75) is 37.8 Å². The first-order chi connectivity index (χ1) is 17.9. The molecule has 0 atom stereocenters. The number of anilines is 2. The standard InChI is InChI=1S/C28H30N6O3/c1-31-25-23(17-30-31)27(36)33(19-29-25)18-28(37)12-15-32(16-13-28)26(35)21-8-10-22(11-9-21)34-14-4-6-20-5-2-3-7-24(20)34/h2-3,5,7-11,17,19,37H,4,6,12-16,18H2,1H3. The number of aromatic nitrogens is 4. The first-order valence-corrected chi connectivity index (χ1v) is 12.8. The normalized spacial score (nSPS) is 17.1. The molecule has 37 heavy (non-hydrogen) atoms. The number of nitrogens with zero attached hydrogens (tertiary/aromatic N) is 6. The lowest BCUT2D eigenvalue weighted by Crippen LogP contribution is -2.49.